The van der Waals surface area contributed by atoms with Crippen LogP contribution in [0.3, 0.4) is 0 Å². The van der Waals surface area contributed by atoms with Crippen molar-refractivity contribution in [2.45, 2.75) is 45.2 Å². The van der Waals surface area contributed by atoms with Gasteiger partial charge in [0.2, 0.25) is 0 Å². The lowest BCUT2D eigenvalue weighted by atomic mass is 10.2. The van der Waals surface area contributed by atoms with Gasteiger partial charge in [-0.05, 0) is 32.4 Å². The first-order valence-corrected chi connectivity index (χ1v) is 7.73. The Morgan fingerprint density at radius 3 is 2.71 bits per heavy atom. The average Bonchev–Trinajstić information content (AvgIpc) is 2.48. The topological polar surface area (TPSA) is 44.1 Å². The summed E-state index contributed by atoms with van der Waals surface area (Å²) in [6.07, 6.45) is 0.854. The minimum absolute atomic E-state index is 0.0537. The molecule has 1 aromatic carbocycles. The Balaban J connectivity index is 2.48. The summed E-state index contributed by atoms with van der Waals surface area (Å²) >= 11 is 6.35. The second-order valence-electron chi connectivity index (χ2n) is 5.24. The summed E-state index contributed by atoms with van der Waals surface area (Å²) in [5.74, 6) is 0.621. The molecule has 1 aromatic heterocycles. The molecular weight excluding hydrogens is 288 g/mol. The number of para-hydroxylation sites is 1. The molecule has 21 heavy (non-hydrogen) atoms. The third-order valence-electron chi connectivity index (χ3n) is 3.30. The van der Waals surface area contributed by atoms with E-state index in [1.807, 2.05) is 39.0 Å². The summed E-state index contributed by atoms with van der Waals surface area (Å²) in [7, 11) is 0. The van der Waals surface area contributed by atoms with E-state index in [2.05, 4.69) is 4.98 Å². The number of ether oxygens (including phenoxy) is 1. The van der Waals surface area contributed by atoms with E-state index in [1.165, 1.54) is 0 Å². The maximum atomic E-state index is 12.7. The molecule has 0 aliphatic carbocycles. The van der Waals surface area contributed by atoms with Gasteiger partial charge in [-0.1, -0.05) is 19.1 Å². The van der Waals surface area contributed by atoms with Gasteiger partial charge >= 0.3 is 0 Å². The van der Waals surface area contributed by atoms with Crippen LogP contribution in [0.25, 0.3) is 10.9 Å². The molecule has 2 aromatic rings. The molecule has 0 radical (unpaired) electrons. The van der Waals surface area contributed by atoms with E-state index in [0.29, 0.717) is 29.9 Å². The Morgan fingerprint density at radius 2 is 2.05 bits per heavy atom. The Kier molecular flexibility index (Phi) is 5.37. The lowest BCUT2D eigenvalue weighted by Crippen LogP contribution is -2.28. The minimum atomic E-state index is -0.277. The van der Waals surface area contributed by atoms with Crippen molar-refractivity contribution in [1.82, 2.24) is 9.55 Å². The Labute approximate surface area is 129 Å². The van der Waals surface area contributed by atoms with Crippen LogP contribution in [0.2, 0.25) is 0 Å². The maximum absolute atomic E-state index is 12.7. The van der Waals surface area contributed by atoms with Crippen molar-refractivity contribution < 1.29 is 4.74 Å². The van der Waals surface area contributed by atoms with Crippen LogP contribution in [0, 0.1) is 0 Å². The smallest absolute Gasteiger partial charge is 0.261 e. The number of aromatic nitrogens is 2. The largest absolute Gasteiger partial charge is 0.377 e. The van der Waals surface area contributed by atoms with Crippen LogP contribution in [-0.2, 0) is 11.3 Å². The van der Waals surface area contributed by atoms with Crippen LogP contribution >= 0.6 is 11.6 Å². The molecule has 1 unspecified atom stereocenters. The van der Waals surface area contributed by atoms with Crippen molar-refractivity contribution in [1.29, 1.82) is 0 Å². The van der Waals surface area contributed by atoms with Crippen LogP contribution < -0.4 is 5.56 Å². The van der Waals surface area contributed by atoms with Gasteiger partial charge in [-0.15, -0.1) is 11.6 Å². The number of benzene rings is 1. The summed E-state index contributed by atoms with van der Waals surface area (Å²) in [6.45, 7) is 6.86. The zero-order valence-electron chi connectivity index (χ0n) is 12.7. The van der Waals surface area contributed by atoms with Crippen LogP contribution in [0.4, 0.5) is 0 Å². The molecule has 114 valence electrons. The Hall–Kier alpha value is -1.39. The van der Waals surface area contributed by atoms with Gasteiger partial charge in [-0.25, -0.2) is 4.98 Å². The van der Waals surface area contributed by atoms with Crippen LogP contribution in [0.1, 0.15) is 38.4 Å². The monoisotopic (exact) mass is 308 g/mol. The quantitative estimate of drug-likeness (QED) is 0.767. The van der Waals surface area contributed by atoms with Crippen molar-refractivity contribution in [2.24, 2.45) is 0 Å². The summed E-state index contributed by atoms with van der Waals surface area (Å²) in [6, 6.07) is 7.36. The summed E-state index contributed by atoms with van der Waals surface area (Å²) < 4.78 is 7.20. The molecule has 0 amide bonds. The van der Waals surface area contributed by atoms with Crippen molar-refractivity contribution in [3.63, 3.8) is 0 Å². The molecule has 0 saturated carbocycles. The van der Waals surface area contributed by atoms with Gasteiger partial charge in [0, 0.05) is 0 Å². The standard InChI is InChI=1S/C16H21ClN2O2/c1-4-13(17)15-18-14-8-6-5-7-12(14)16(20)19(15)9-10-21-11(2)3/h5-8,11,13H,4,9-10H2,1-3H3. The normalized spacial score (nSPS) is 13.0. The van der Waals surface area contributed by atoms with Gasteiger partial charge in [0.1, 0.15) is 5.82 Å². The zero-order valence-corrected chi connectivity index (χ0v) is 13.4. The number of fused-ring (bicyclic) bond motifs is 1. The molecule has 1 atom stereocenters. The van der Waals surface area contributed by atoms with Gasteiger partial charge in [-0.2, -0.15) is 0 Å². The molecule has 0 N–H and O–H groups in total. The van der Waals surface area contributed by atoms with E-state index in [9.17, 15) is 4.79 Å². The van der Waals surface area contributed by atoms with Crippen LogP contribution in [-0.4, -0.2) is 22.3 Å². The highest BCUT2D eigenvalue weighted by Gasteiger charge is 2.16. The molecule has 0 spiro atoms. The number of rotatable bonds is 6. The molecule has 4 nitrogen and oxygen atoms in total. The van der Waals surface area contributed by atoms with Crippen LogP contribution in [0.5, 0.6) is 0 Å². The molecular formula is C16H21ClN2O2. The van der Waals surface area contributed by atoms with E-state index < -0.39 is 0 Å². The van der Waals surface area contributed by atoms with E-state index in [-0.39, 0.29) is 17.0 Å². The predicted molar refractivity (Wildman–Crippen MR) is 86.0 cm³/mol. The maximum Gasteiger partial charge on any atom is 0.261 e. The highest BCUT2D eigenvalue weighted by atomic mass is 35.5. The fraction of sp³-hybridized carbons (Fsp3) is 0.500. The average molecular weight is 309 g/mol. The van der Waals surface area contributed by atoms with E-state index >= 15 is 0 Å². The molecule has 1 heterocycles. The second-order valence-corrected chi connectivity index (χ2v) is 5.77. The molecule has 0 saturated heterocycles. The number of hydrogen-bond donors (Lipinski definition) is 0. The van der Waals surface area contributed by atoms with E-state index in [1.54, 1.807) is 10.6 Å². The predicted octanol–water partition coefficient (Wildman–Crippen LogP) is 3.51. The SMILES string of the molecule is CCC(Cl)c1nc2ccccc2c(=O)n1CCOC(C)C. The summed E-state index contributed by atoms with van der Waals surface area (Å²) in [5.41, 5.74) is 0.639. The van der Waals surface area contributed by atoms with Gasteiger partial charge in [0.15, 0.2) is 0 Å². The molecule has 2 rings (SSSR count). The lowest BCUT2D eigenvalue weighted by Gasteiger charge is -2.17. The number of nitrogens with zero attached hydrogens (tertiary/aromatic N) is 2. The van der Waals surface area contributed by atoms with Crippen molar-refractivity contribution >= 4 is 22.5 Å². The van der Waals surface area contributed by atoms with Crippen molar-refractivity contribution in [2.75, 3.05) is 6.61 Å². The molecule has 0 bridgehead atoms. The second kappa shape index (κ2) is 7.05. The first-order chi connectivity index (χ1) is 10.0. The highest BCUT2D eigenvalue weighted by molar-refractivity contribution is 6.20. The Morgan fingerprint density at radius 1 is 1.33 bits per heavy atom. The first kappa shape index (κ1) is 16.0. The molecule has 0 fully saturated rings. The van der Waals surface area contributed by atoms with Crippen LogP contribution in [0.15, 0.2) is 29.1 Å². The lowest BCUT2D eigenvalue weighted by molar-refractivity contribution is 0.0716. The third kappa shape index (κ3) is 3.63. The highest BCUT2D eigenvalue weighted by Crippen LogP contribution is 2.22. The first-order valence-electron chi connectivity index (χ1n) is 7.29. The molecule has 0 aliphatic rings. The fourth-order valence-corrected chi connectivity index (χ4v) is 2.37. The summed E-state index contributed by atoms with van der Waals surface area (Å²) in [5, 5.41) is 0.340. The van der Waals surface area contributed by atoms with Gasteiger partial charge < -0.3 is 4.74 Å². The number of hydrogen-bond acceptors (Lipinski definition) is 3. The third-order valence-corrected chi connectivity index (χ3v) is 3.80. The van der Waals surface area contributed by atoms with E-state index in [4.69, 9.17) is 16.3 Å². The fourth-order valence-electron chi connectivity index (χ4n) is 2.20. The van der Waals surface area contributed by atoms with Crippen molar-refractivity contribution in [3.05, 3.63) is 40.4 Å². The van der Waals surface area contributed by atoms with E-state index in [0.717, 1.165) is 6.42 Å². The molecule has 0 aliphatic heterocycles. The number of alkyl halides is 1. The van der Waals surface area contributed by atoms with Gasteiger partial charge in [0.05, 0.1) is 35.5 Å². The zero-order chi connectivity index (χ0) is 15.4. The van der Waals surface area contributed by atoms with Gasteiger partial charge in [-0.3, -0.25) is 9.36 Å². The minimum Gasteiger partial charge on any atom is -0.377 e. The molecule has 5 heteroatoms. The number of halogens is 1. The Bertz CT molecular complexity index is 667. The van der Waals surface area contributed by atoms with Gasteiger partial charge in [0.25, 0.3) is 5.56 Å². The summed E-state index contributed by atoms with van der Waals surface area (Å²) in [4.78, 5) is 17.2. The van der Waals surface area contributed by atoms with Crippen molar-refractivity contribution in [3.8, 4) is 0 Å².